The highest BCUT2D eigenvalue weighted by Gasteiger charge is 2.32. The number of sulfonamides is 1. The molecule has 1 aromatic rings. The number of nitrogens with one attached hydrogen (secondary N) is 1. The molecule has 134 valence electrons. The summed E-state index contributed by atoms with van der Waals surface area (Å²) in [4.78, 5) is 21.1. The molecule has 2 fully saturated rings. The summed E-state index contributed by atoms with van der Waals surface area (Å²) in [6, 6.07) is 1.80. The number of hydrogen-bond donors (Lipinski definition) is 1. The fourth-order valence-corrected chi connectivity index (χ4v) is 4.33. The second-order valence-electron chi connectivity index (χ2n) is 6.52. The zero-order valence-electron chi connectivity index (χ0n) is 14.1. The van der Waals surface area contributed by atoms with Crippen molar-refractivity contribution in [3.8, 4) is 0 Å². The molecule has 2 saturated heterocycles. The van der Waals surface area contributed by atoms with Gasteiger partial charge in [-0.2, -0.15) is 0 Å². The van der Waals surface area contributed by atoms with Gasteiger partial charge in [-0.05, 0) is 19.8 Å². The van der Waals surface area contributed by atoms with Crippen molar-refractivity contribution in [2.24, 2.45) is 0 Å². The monoisotopic (exact) mass is 356 g/mol. The van der Waals surface area contributed by atoms with E-state index in [2.05, 4.69) is 14.9 Å². The van der Waals surface area contributed by atoms with Gasteiger partial charge >= 0.3 is 0 Å². The van der Waals surface area contributed by atoms with Gasteiger partial charge in [0.15, 0.2) is 0 Å². The molecule has 0 radical (unpaired) electrons. The van der Waals surface area contributed by atoms with Crippen molar-refractivity contribution in [2.75, 3.05) is 39.0 Å². The molecule has 0 spiro atoms. The summed E-state index contributed by atoms with van der Waals surface area (Å²) >= 11 is 0. The Balaban J connectivity index is 1.65. The molecule has 0 amide bonds. The van der Waals surface area contributed by atoms with Crippen molar-refractivity contribution in [1.29, 1.82) is 0 Å². The van der Waals surface area contributed by atoms with Gasteiger partial charge in [-0.15, -0.1) is 0 Å². The molecule has 1 atom stereocenters. The van der Waals surface area contributed by atoms with Gasteiger partial charge < -0.3 is 9.72 Å². The van der Waals surface area contributed by atoms with Gasteiger partial charge in [0.05, 0.1) is 12.9 Å². The lowest BCUT2D eigenvalue weighted by molar-refractivity contribution is -0.0548. The minimum absolute atomic E-state index is 0.167. The Kier molecular flexibility index (Phi) is 5.05. The summed E-state index contributed by atoms with van der Waals surface area (Å²) in [5.74, 6) is 0.568. The van der Waals surface area contributed by atoms with E-state index in [0.717, 1.165) is 19.4 Å². The van der Waals surface area contributed by atoms with Crippen LogP contribution in [0.5, 0.6) is 0 Å². The minimum Gasteiger partial charge on any atom is -0.368 e. The molecule has 3 heterocycles. The summed E-state index contributed by atoms with van der Waals surface area (Å²) in [7, 11) is -3.10. The normalized spacial score (nSPS) is 25.0. The van der Waals surface area contributed by atoms with Gasteiger partial charge in [-0.25, -0.2) is 17.7 Å². The van der Waals surface area contributed by atoms with E-state index in [1.807, 2.05) is 0 Å². The Hall–Kier alpha value is -1.29. The molecule has 0 unspecified atom stereocenters. The average molecular weight is 356 g/mol. The van der Waals surface area contributed by atoms with Crippen LogP contribution >= 0.6 is 0 Å². The van der Waals surface area contributed by atoms with Crippen LogP contribution in [0.25, 0.3) is 0 Å². The minimum atomic E-state index is -3.10. The van der Waals surface area contributed by atoms with Gasteiger partial charge in [0.2, 0.25) is 10.0 Å². The van der Waals surface area contributed by atoms with Crippen molar-refractivity contribution >= 4 is 10.0 Å². The summed E-state index contributed by atoms with van der Waals surface area (Å²) < 4.78 is 30.6. The van der Waals surface area contributed by atoms with Gasteiger partial charge in [0.25, 0.3) is 5.56 Å². The largest absolute Gasteiger partial charge is 0.368 e. The smallest absolute Gasteiger partial charge is 0.251 e. The van der Waals surface area contributed by atoms with Gasteiger partial charge in [-0.3, -0.25) is 9.69 Å². The predicted molar refractivity (Wildman–Crippen MR) is 89.3 cm³/mol. The van der Waals surface area contributed by atoms with Crippen molar-refractivity contribution in [3.63, 3.8) is 0 Å². The Morgan fingerprint density at radius 3 is 2.62 bits per heavy atom. The molecule has 9 heteroatoms. The van der Waals surface area contributed by atoms with Crippen LogP contribution < -0.4 is 5.56 Å². The first kappa shape index (κ1) is 17.5. The average Bonchev–Trinajstić information content (AvgIpc) is 2.53. The summed E-state index contributed by atoms with van der Waals surface area (Å²) in [6.45, 7) is 4.97. The Labute approximate surface area is 141 Å². The first-order valence-corrected chi connectivity index (χ1v) is 10.1. The van der Waals surface area contributed by atoms with E-state index in [1.54, 1.807) is 11.2 Å². The maximum absolute atomic E-state index is 11.6. The van der Waals surface area contributed by atoms with Crippen LogP contribution in [0.2, 0.25) is 0 Å². The van der Waals surface area contributed by atoms with Crippen LogP contribution in [-0.2, 0) is 14.8 Å². The van der Waals surface area contributed by atoms with Crippen molar-refractivity contribution in [2.45, 2.75) is 31.9 Å². The van der Waals surface area contributed by atoms with Gasteiger partial charge in [-0.1, -0.05) is 0 Å². The number of rotatable bonds is 3. The second kappa shape index (κ2) is 6.91. The van der Waals surface area contributed by atoms with Crippen molar-refractivity contribution < 1.29 is 13.2 Å². The summed E-state index contributed by atoms with van der Waals surface area (Å²) in [6.07, 6.45) is 2.65. The molecule has 0 bridgehead atoms. The van der Waals surface area contributed by atoms with E-state index in [1.165, 1.54) is 12.3 Å². The lowest BCUT2D eigenvalue weighted by Gasteiger charge is -2.41. The van der Waals surface area contributed by atoms with E-state index in [0.29, 0.717) is 43.8 Å². The Morgan fingerprint density at radius 1 is 1.29 bits per heavy atom. The van der Waals surface area contributed by atoms with Crippen LogP contribution in [-0.4, -0.2) is 72.7 Å². The lowest BCUT2D eigenvalue weighted by Crippen LogP contribution is -2.50. The standard InChI is InChI=1S/C15H24N4O4S/c1-11-9-14(20)17-15(16-11)13-10-18(7-8-23-13)12-3-5-19(6-4-12)24(2,21)22/h9,12-13H,3-8,10H2,1-2H3,(H,16,17,20)/t13-/m1/s1. The van der Waals surface area contributed by atoms with E-state index in [9.17, 15) is 13.2 Å². The zero-order chi connectivity index (χ0) is 17.3. The number of hydrogen-bond acceptors (Lipinski definition) is 6. The van der Waals surface area contributed by atoms with Crippen LogP contribution in [0.3, 0.4) is 0 Å². The number of morpholine rings is 1. The van der Waals surface area contributed by atoms with Crippen LogP contribution in [0.1, 0.15) is 30.5 Å². The first-order valence-electron chi connectivity index (χ1n) is 8.21. The molecular formula is C15H24N4O4S. The highest BCUT2D eigenvalue weighted by molar-refractivity contribution is 7.88. The Morgan fingerprint density at radius 2 is 2.00 bits per heavy atom. The third-order valence-electron chi connectivity index (χ3n) is 4.70. The molecule has 1 aromatic heterocycles. The number of nitrogens with zero attached hydrogens (tertiary/aromatic N) is 3. The Bertz CT molecular complexity index is 740. The van der Waals surface area contributed by atoms with Crippen molar-refractivity contribution in [3.05, 3.63) is 27.9 Å². The summed E-state index contributed by atoms with van der Waals surface area (Å²) in [5, 5.41) is 0. The molecule has 0 saturated carbocycles. The number of H-pyrrole nitrogens is 1. The summed E-state index contributed by atoms with van der Waals surface area (Å²) in [5.41, 5.74) is 0.510. The maximum atomic E-state index is 11.6. The van der Waals surface area contributed by atoms with E-state index in [-0.39, 0.29) is 11.7 Å². The second-order valence-corrected chi connectivity index (χ2v) is 8.50. The first-order chi connectivity index (χ1) is 11.3. The SMILES string of the molecule is Cc1cc(=O)[nH]c([C@H]2CN(C3CCN(S(C)(=O)=O)CC3)CCO2)n1. The number of aromatic nitrogens is 2. The highest BCUT2D eigenvalue weighted by atomic mass is 32.2. The van der Waals surface area contributed by atoms with E-state index < -0.39 is 10.0 Å². The molecule has 0 aromatic carbocycles. The molecule has 2 aliphatic rings. The maximum Gasteiger partial charge on any atom is 0.251 e. The fraction of sp³-hybridized carbons (Fsp3) is 0.733. The van der Waals surface area contributed by atoms with Gasteiger partial charge in [0, 0.05) is 44.0 Å². The molecule has 3 rings (SSSR count). The quantitative estimate of drug-likeness (QED) is 0.811. The molecule has 24 heavy (non-hydrogen) atoms. The zero-order valence-corrected chi connectivity index (χ0v) is 14.9. The molecule has 0 aliphatic carbocycles. The number of ether oxygens (including phenoxy) is 1. The van der Waals surface area contributed by atoms with Crippen LogP contribution in [0.4, 0.5) is 0 Å². The molecule has 1 N–H and O–H groups in total. The molecule has 8 nitrogen and oxygen atoms in total. The number of piperidine rings is 1. The van der Waals surface area contributed by atoms with Gasteiger partial charge in [0.1, 0.15) is 11.9 Å². The number of aromatic amines is 1. The lowest BCUT2D eigenvalue weighted by atomic mass is 10.0. The van der Waals surface area contributed by atoms with Crippen LogP contribution in [0.15, 0.2) is 10.9 Å². The third-order valence-corrected chi connectivity index (χ3v) is 6.00. The van der Waals surface area contributed by atoms with E-state index in [4.69, 9.17) is 4.74 Å². The molecular weight excluding hydrogens is 332 g/mol. The third kappa shape index (κ3) is 4.02. The highest BCUT2D eigenvalue weighted by Crippen LogP contribution is 2.25. The number of aryl methyl sites for hydroxylation is 1. The topological polar surface area (TPSA) is 95.6 Å². The predicted octanol–water partition coefficient (Wildman–Crippen LogP) is -0.124. The fourth-order valence-electron chi connectivity index (χ4n) is 3.46. The molecule has 2 aliphatic heterocycles. The van der Waals surface area contributed by atoms with Crippen molar-refractivity contribution in [1.82, 2.24) is 19.2 Å². The van der Waals surface area contributed by atoms with Crippen LogP contribution in [0, 0.1) is 6.92 Å². The van der Waals surface area contributed by atoms with E-state index >= 15 is 0 Å².